The zero-order valence-electron chi connectivity index (χ0n) is 29.7. The van der Waals surface area contributed by atoms with Crippen molar-refractivity contribution in [3.05, 3.63) is 181 Å². The van der Waals surface area contributed by atoms with Crippen molar-refractivity contribution < 1.29 is 20.1 Å². The SMILES string of the molecule is [CH3][Ge]([CH3])([CH3])[c]1ccc2s[c-]c(-c3nc4ccccc4n3-c3c(-c4ccccc4)cccc3-c3ccccc3)c2c1.[Ir].[c-]1ccccc1-c1ccccn1. The Labute approximate surface area is 331 Å². The molecule has 0 saturated heterocycles. The monoisotopic (exact) mass is 942 g/mol. The molecule has 9 aromatic rings. The molecule has 0 spiro atoms. The first-order valence-corrected chi connectivity index (χ1v) is 25.7. The Bertz CT molecular complexity index is 2500. The molecule has 0 bridgehead atoms. The second-order valence-electron chi connectivity index (χ2n) is 13.7. The zero-order valence-corrected chi connectivity index (χ0v) is 35.1. The molecule has 261 valence electrons. The van der Waals surface area contributed by atoms with E-state index in [1.807, 2.05) is 42.5 Å². The van der Waals surface area contributed by atoms with Crippen LogP contribution in [0.3, 0.4) is 0 Å². The van der Waals surface area contributed by atoms with Gasteiger partial charge in [-0.1, -0.05) is 12.1 Å². The van der Waals surface area contributed by atoms with Gasteiger partial charge in [-0.05, 0) is 11.8 Å². The van der Waals surface area contributed by atoms with Crippen LogP contribution in [-0.2, 0) is 20.1 Å². The molecule has 0 aliphatic heterocycles. The minimum atomic E-state index is -2.04. The Morgan fingerprint density at radius 1 is 0.642 bits per heavy atom. The first-order valence-electron chi connectivity index (χ1n) is 17.5. The van der Waals surface area contributed by atoms with Gasteiger partial charge in [-0.2, -0.15) is 0 Å². The number of aromatic nitrogens is 3. The van der Waals surface area contributed by atoms with Crippen molar-refractivity contribution in [1.82, 2.24) is 14.5 Å². The predicted molar refractivity (Wildman–Crippen MR) is 223 cm³/mol. The fourth-order valence-corrected chi connectivity index (χ4v) is 9.84. The summed E-state index contributed by atoms with van der Waals surface area (Å²) in [7, 11) is 0. The van der Waals surface area contributed by atoms with Crippen molar-refractivity contribution in [3.63, 3.8) is 0 Å². The smallest absolute Gasteiger partial charge is 0.0160 e. The van der Waals surface area contributed by atoms with E-state index in [4.69, 9.17) is 4.98 Å². The number of pyridine rings is 1. The summed E-state index contributed by atoms with van der Waals surface area (Å²) in [5, 5.41) is 4.93. The van der Waals surface area contributed by atoms with E-state index in [2.05, 4.69) is 160 Å². The zero-order chi connectivity index (χ0) is 35.5. The van der Waals surface area contributed by atoms with Crippen molar-refractivity contribution in [2.45, 2.75) is 17.3 Å². The molecular formula is C47H37GeIrN3S-2. The van der Waals surface area contributed by atoms with Gasteiger partial charge in [-0.3, -0.25) is 0 Å². The van der Waals surface area contributed by atoms with E-state index in [-0.39, 0.29) is 20.1 Å². The standard InChI is InChI=1S/C36H29GeN2S.C11H8N.Ir/c1-37(2,3)27-21-22-34-30(23-27)31(24-40-34)36-38-32-19-10-11-20-33(32)39(36)35-28(25-13-6-4-7-14-25)17-12-18-29(35)26-15-8-5-9-16-26;1-2-6-10(7-3-1)11-8-4-5-9-12-11;/h4-23H,1-3H3;1-6,8-9H;/q2*-1;. The second kappa shape index (κ2) is 16.0. The van der Waals surface area contributed by atoms with E-state index in [1.165, 1.54) is 36.7 Å². The second-order valence-corrected chi connectivity index (χ2v) is 25.2. The molecule has 3 heterocycles. The summed E-state index contributed by atoms with van der Waals surface area (Å²) in [6.45, 7) is 0. The van der Waals surface area contributed by atoms with Gasteiger partial charge in [0.2, 0.25) is 0 Å². The first-order chi connectivity index (χ1) is 25.5. The van der Waals surface area contributed by atoms with E-state index in [1.54, 1.807) is 17.5 Å². The Morgan fingerprint density at radius 2 is 1.30 bits per heavy atom. The number of thiophene rings is 1. The number of nitrogens with zero attached hydrogens (tertiary/aromatic N) is 3. The van der Waals surface area contributed by atoms with Crippen LogP contribution in [0.25, 0.3) is 71.7 Å². The van der Waals surface area contributed by atoms with Crippen molar-refractivity contribution in [2.75, 3.05) is 0 Å². The normalized spacial score (nSPS) is 11.2. The molecule has 3 aromatic heterocycles. The van der Waals surface area contributed by atoms with Gasteiger partial charge in [-0.15, -0.1) is 35.9 Å². The summed E-state index contributed by atoms with van der Waals surface area (Å²) in [4.78, 5) is 9.51. The molecule has 0 aliphatic carbocycles. The van der Waals surface area contributed by atoms with E-state index >= 15 is 0 Å². The van der Waals surface area contributed by atoms with Crippen molar-refractivity contribution >= 4 is 50.1 Å². The largest absolute Gasteiger partial charge is 0.305 e. The van der Waals surface area contributed by atoms with Crippen LogP contribution in [0.4, 0.5) is 0 Å². The van der Waals surface area contributed by atoms with E-state index < -0.39 is 13.3 Å². The quantitative estimate of drug-likeness (QED) is 0.123. The number of hydrogen-bond donors (Lipinski definition) is 0. The van der Waals surface area contributed by atoms with Crippen LogP contribution in [0, 0.1) is 11.4 Å². The molecule has 0 atom stereocenters. The Kier molecular flexibility index (Phi) is 11.0. The molecule has 0 unspecified atom stereocenters. The van der Waals surface area contributed by atoms with Crippen LogP contribution in [0.5, 0.6) is 0 Å². The maximum Gasteiger partial charge on any atom is 0.0160 e. The van der Waals surface area contributed by atoms with Crippen LogP contribution in [0.15, 0.2) is 170 Å². The minimum Gasteiger partial charge on any atom is -0.305 e. The molecule has 6 aromatic carbocycles. The summed E-state index contributed by atoms with van der Waals surface area (Å²) in [6, 6.07) is 60.4. The number of imidazole rings is 1. The van der Waals surface area contributed by atoms with Gasteiger partial charge in [0.25, 0.3) is 0 Å². The maximum atomic E-state index is 5.30. The third kappa shape index (κ3) is 7.62. The molecule has 53 heavy (non-hydrogen) atoms. The van der Waals surface area contributed by atoms with Crippen LogP contribution in [0.2, 0.25) is 17.3 Å². The number of hydrogen-bond acceptors (Lipinski definition) is 3. The Balaban J connectivity index is 0.000000284. The van der Waals surface area contributed by atoms with Gasteiger partial charge >= 0.3 is 243 Å². The van der Waals surface area contributed by atoms with Gasteiger partial charge < -0.3 is 4.98 Å². The molecule has 1 radical (unpaired) electrons. The van der Waals surface area contributed by atoms with Crippen molar-refractivity contribution in [3.8, 4) is 50.6 Å². The van der Waals surface area contributed by atoms with E-state index in [0.29, 0.717) is 0 Å². The summed E-state index contributed by atoms with van der Waals surface area (Å²) >= 11 is -0.356. The van der Waals surface area contributed by atoms with Crippen LogP contribution < -0.4 is 4.40 Å². The van der Waals surface area contributed by atoms with Gasteiger partial charge in [0.1, 0.15) is 0 Å². The summed E-state index contributed by atoms with van der Waals surface area (Å²) in [5.74, 6) is 8.29. The van der Waals surface area contributed by atoms with Crippen molar-refractivity contribution in [1.29, 1.82) is 0 Å². The Morgan fingerprint density at radius 3 is 1.94 bits per heavy atom. The third-order valence-corrected chi connectivity index (χ3v) is 14.4. The first kappa shape index (κ1) is 36.5. The average Bonchev–Trinajstić information content (AvgIpc) is 3.80. The summed E-state index contributed by atoms with van der Waals surface area (Å²) in [6.07, 6.45) is 1.79. The fourth-order valence-electron chi connectivity index (χ4n) is 6.59. The maximum absolute atomic E-state index is 5.30. The fraction of sp³-hybridized carbons (Fsp3) is 0.0638. The minimum absolute atomic E-state index is 0. The third-order valence-electron chi connectivity index (χ3n) is 9.24. The molecular weight excluding hydrogens is 903 g/mol. The molecule has 0 aliphatic rings. The number of rotatable bonds is 6. The topological polar surface area (TPSA) is 30.7 Å². The number of benzene rings is 6. The van der Waals surface area contributed by atoms with Crippen LogP contribution in [0.1, 0.15) is 0 Å². The van der Waals surface area contributed by atoms with Crippen molar-refractivity contribution in [2.24, 2.45) is 0 Å². The molecule has 0 N–H and O–H groups in total. The number of fused-ring (bicyclic) bond motifs is 2. The van der Waals surface area contributed by atoms with E-state index in [9.17, 15) is 0 Å². The van der Waals surface area contributed by atoms with Gasteiger partial charge in [0.05, 0.1) is 0 Å². The number of para-hydroxylation sites is 3. The molecule has 3 nitrogen and oxygen atoms in total. The molecule has 6 heteroatoms. The molecule has 9 rings (SSSR count). The molecule has 0 amide bonds. The van der Waals surface area contributed by atoms with Crippen LogP contribution >= 0.6 is 11.3 Å². The van der Waals surface area contributed by atoms with Gasteiger partial charge in [0.15, 0.2) is 0 Å². The summed E-state index contributed by atoms with van der Waals surface area (Å²) < 4.78 is 5.13. The summed E-state index contributed by atoms with van der Waals surface area (Å²) in [5.41, 5.74) is 11.0. The average molecular weight is 941 g/mol. The molecule has 0 fully saturated rings. The van der Waals surface area contributed by atoms with Gasteiger partial charge in [-0.25, -0.2) is 0 Å². The van der Waals surface area contributed by atoms with Crippen LogP contribution in [-0.4, -0.2) is 27.8 Å². The molecule has 0 saturated carbocycles. The van der Waals surface area contributed by atoms with E-state index in [0.717, 1.165) is 39.4 Å². The Hall–Kier alpha value is -4.91. The van der Waals surface area contributed by atoms with Gasteiger partial charge in [0, 0.05) is 26.3 Å². The predicted octanol–water partition coefficient (Wildman–Crippen LogP) is 12.1.